The van der Waals surface area contributed by atoms with Crippen molar-refractivity contribution >= 4 is 45.0 Å². The van der Waals surface area contributed by atoms with Gasteiger partial charge in [-0.1, -0.05) is 23.2 Å². The number of nitrogens with one attached hydrogen (secondary N) is 1. The van der Waals surface area contributed by atoms with Crippen molar-refractivity contribution in [2.75, 3.05) is 13.1 Å². The quantitative estimate of drug-likeness (QED) is 0.663. The number of hydrogen-bond acceptors (Lipinski definition) is 1. The van der Waals surface area contributed by atoms with E-state index in [-0.39, 0.29) is 6.04 Å². The third kappa shape index (κ3) is 2.19. The van der Waals surface area contributed by atoms with Crippen molar-refractivity contribution in [3.8, 4) is 0 Å². The Kier molecular flexibility index (Phi) is 3.52. The van der Waals surface area contributed by atoms with E-state index in [0.717, 1.165) is 34.8 Å². The van der Waals surface area contributed by atoms with Gasteiger partial charge in [-0.25, -0.2) is 4.39 Å². The van der Waals surface area contributed by atoms with Crippen LogP contribution in [-0.4, -0.2) is 23.8 Å². The minimum absolute atomic E-state index is 0.163. The van der Waals surface area contributed by atoms with Gasteiger partial charge in [0.2, 0.25) is 0 Å². The summed E-state index contributed by atoms with van der Waals surface area (Å²) in [4.78, 5) is 0. The number of hydrogen-bond donors (Lipinski definition) is 1. The largest absolute Gasteiger partial charge is 0.334 e. The molecule has 1 aromatic heterocycles. The van der Waals surface area contributed by atoms with E-state index in [0.29, 0.717) is 16.6 Å². The van der Waals surface area contributed by atoms with Crippen LogP contribution >= 0.6 is 23.2 Å². The molecule has 0 amide bonds. The highest BCUT2D eigenvalue weighted by Gasteiger charge is 2.28. The molecule has 1 aliphatic heterocycles. The maximum Gasteiger partial charge on any atom is 0.133 e. The molecule has 114 valence electrons. The Morgan fingerprint density at radius 2 is 1.59 bits per heavy atom. The summed E-state index contributed by atoms with van der Waals surface area (Å²) < 4.78 is 16.6. The summed E-state index contributed by atoms with van der Waals surface area (Å²) in [7, 11) is 0. The Morgan fingerprint density at radius 1 is 1.00 bits per heavy atom. The number of halogens is 3. The summed E-state index contributed by atoms with van der Waals surface area (Å²) in [5.74, 6) is 0. The molecule has 0 radical (unpaired) electrons. The third-order valence-corrected chi connectivity index (χ3v) is 4.90. The van der Waals surface area contributed by atoms with E-state index in [1.165, 1.54) is 0 Å². The lowest BCUT2D eigenvalue weighted by molar-refractivity contribution is 0.190. The van der Waals surface area contributed by atoms with Gasteiger partial charge in [-0.15, -0.1) is 0 Å². The van der Waals surface area contributed by atoms with Crippen LogP contribution < -0.4 is 5.32 Å². The molecule has 0 aliphatic carbocycles. The first kappa shape index (κ1) is 14.3. The molecule has 22 heavy (non-hydrogen) atoms. The monoisotopic (exact) mass is 336 g/mol. The van der Waals surface area contributed by atoms with E-state index in [2.05, 4.69) is 9.88 Å². The third-order valence-electron chi connectivity index (χ3n) is 4.43. The van der Waals surface area contributed by atoms with E-state index < -0.39 is 6.17 Å². The van der Waals surface area contributed by atoms with Crippen LogP contribution in [-0.2, 0) is 0 Å². The van der Waals surface area contributed by atoms with Crippen LogP contribution in [0.4, 0.5) is 4.39 Å². The fourth-order valence-corrected chi connectivity index (χ4v) is 3.80. The number of aromatic nitrogens is 1. The molecule has 0 bridgehead atoms. The first-order valence-corrected chi connectivity index (χ1v) is 8.14. The second-order valence-corrected chi connectivity index (χ2v) is 6.64. The Morgan fingerprint density at radius 3 is 2.14 bits per heavy atom. The van der Waals surface area contributed by atoms with E-state index in [1.54, 1.807) is 0 Å². The molecule has 1 N–H and O–H groups in total. The zero-order chi connectivity index (χ0) is 15.3. The van der Waals surface area contributed by atoms with Crippen molar-refractivity contribution in [1.82, 2.24) is 9.88 Å². The molecular formula is C17H15Cl2FN2. The van der Waals surface area contributed by atoms with Gasteiger partial charge in [0.05, 0.1) is 6.04 Å². The maximum atomic E-state index is 14.5. The van der Waals surface area contributed by atoms with Crippen LogP contribution in [0.2, 0.25) is 10.0 Å². The minimum Gasteiger partial charge on any atom is -0.334 e. The maximum absolute atomic E-state index is 14.5. The van der Waals surface area contributed by atoms with Gasteiger partial charge in [-0.2, -0.15) is 0 Å². The highest BCUT2D eigenvalue weighted by atomic mass is 35.5. The van der Waals surface area contributed by atoms with Gasteiger partial charge in [0.15, 0.2) is 0 Å². The highest BCUT2D eigenvalue weighted by molar-refractivity contribution is 6.33. The lowest BCUT2D eigenvalue weighted by atomic mass is 10.0. The zero-order valence-corrected chi connectivity index (χ0v) is 13.3. The molecular weight excluding hydrogens is 322 g/mol. The number of alkyl halides is 1. The predicted octanol–water partition coefficient (Wildman–Crippen LogP) is 4.97. The van der Waals surface area contributed by atoms with Crippen molar-refractivity contribution in [2.45, 2.75) is 18.6 Å². The van der Waals surface area contributed by atoms with Gasteiger partial charge in [-0.05, 0) is 49.4 Å². The van der Waals surface area contributed by atoms with Crippen LogP contribution in [0.1, 0.15) is 12.5 Å². The Labute approximate surface area is 137 Å². The molecule has 2 atom stereocenters. The van der Waals surface area contributed by atoms with Gasteiger partial charge >= 0.3 is 0 Å². The molecule has 1 fully saturated rings. The van der Waals surface area contributed by atoms with Gasteiger partial charge in [0, 0.05) is 38.4 Å². The summed E-state index contributed by atoms with van der Waals surface area (Å²) in [6.07, 6.45) is -0.135. The molecule has 1 saturated heterocycles. The Bertz CT molecular complexity index is 799. The summed E-state index contributed by atoms with van der Waals surface area (Å²) in [6, 6.07) is 11.4. The van der Waals surface area contributed by atoms with Crippen LogP contribution in [0.5, 0.6) is 0 Å². The summed E-state index contributed by atoms with van der Waals surface area (Å²) in [5.41, 5.74) is 2.02. The SMILES string of the molecule is F[C@H]1CNCC[C@H]1n1c2ccc(Cl)cc2c2cc(Cl)ccc21. The second kappa shape index (κ2) is 5.41. The molecule has 0 unspecified atom stereocenters. The molecule has 4 rings (SSSR count). The molecule has 0 saturated carbocycles. The lowest BCUT2D eigenvalue weighted by Gasteiger charge is -2.29. The lowest BCUT2D eigenvalue weighted by Crippen LogP contribution is -2.39. The van der Waals surface area contributed by atoms with Crippen LogP contribution in [0.15, 0.2) is 36.4 Å². The standard InChI is InChI=1S/C17H15Cl2FN2/c18-10-1-3-15-12(7-10)13-8-11(19)2-4-16(13)22(15)17-5-6-21-9-14(17)20/h1-4,7-8,14,17,21H,5-6,9H2/t14-,17+/m0/s1. The molecule has 5 heteroatoms. The fraction of sp³-hybridized carbons (Fsp3) is 0.294. The average molecular weight is 337 g/mol. The summed E-state index contributed by atoms with van der Waals surface area (Å²) in [5, 5.41) is 6.51. The summed E-state index contributed by atoms with van der Waals surface area (Å²) >= 11 is 12.3. The smallest absolute Gasteiger partial charge is 0.133 e. The number of piperidine rings is 1. The van der Waals surface area contributed by atoms with Crippen molar-refractivity contribution in [3.63, 3.8) is 0 Å². The topological polar surface area (TPSA) is 17.0 Å². The van der Waals surface area contributed by atoms with E-state index >= 15 is 0 Å². The predicted molar refractivity (Wildman–Crippen MR) is 90.9 cm³/mol. The van der Waals surface area contributed by atoms with Crippen molar-refractivity contribution in [1.29, 1.82) is 0 Å². The number of rotatable bonds is 1. The minimum atomic E-state index is -0.904. The number of nitrogens with zero attached hydrogens (tertiary/aromatic N) is 1. The second-order valence-electron chi connectivity index (χ2n) is 5.77. The zero-order valence-electron chi connectivity index (χ0n) is 11.8. The fourth-order valence-electron chi connectivity index (χ4n) is 3.45. The Balaban J connectivity index is 2.06. The average Bonchev–Trinajstić information content (AvgIpc) is 2.81. The van der Waals surface area contributed by atoms with Crippen molar-refractivity contribution in [3.05, 3.63) is 46.4 Å². The molecule has 0 spiro atoms. The normalized spacial score (nSPS) is 22.5. The van der Waals surface area contributed by atoms with E-state index in [9.17, 15) is 4.39 Å². The van der Waals surface area contributed by atoms with Crippen LogP contribution in [0.3, 0.4) is 0 Å². The number of benzene rings is 2. The molecule has 3 aromatic rings. The van der Waals surface area contributed by atoms with Crippen molar-refractivity contribution < 1.29 is 4.39 Å². The van der Waals surface area contributed by atoms with E-state index in [4.69, 9.17) is 23.2 Å². The number of fused-ring (bicyclic) bond motifs is 3. The van der Waals surface area contributed by atoms with Crippen LogP contribution in [0.25, 0.3) is 21.8 Å². The van der Waals surface area contributed by atoms with Gasteiger partial charge in [-0.3, -0.25) is 0 Å². The first-order chi connectivity index (χ1) is 10.6. The van der Waals surface area contributed by atoms with Crippen molar-refractivity contribution in [2.24, 2.45) is 0 Å². The molecule has 2 aromatic carbocycles. The van der Waals surface area contributed by atoms with Gasteiger partial charge in [0.25, 0.3) is 0 Å². The first-order valence-electron chi connectivity index (χ1n) is 7.38. The summed E-state index contributed by atoms with van der Waals surface area (Å²) in [6.45, 7) is 1.22. The molecule has 2 nitrogen and oxygen atoms in total. The molecule has 1 aliphatic rings. The van der Waals surface area contributed by atoms with E-state index in [1.807, 2.05) is 36.4 Å². The molecule has 2 heterocycles. The highest BCUT2D eigenvalue weighted by Crippen LogP contribution is 2.37. The Hall–Kier alpha value is -1.29. The van der Waals surface area contributed by atoms with Gasteiger partial charge < -0.3 is 9.88 Å². The van der Waals surface area contributed by atoms with Gasteiger partial charge in [0.1, 0.15) is 6.17 Å². The van der Waals surface area contributed by atoms with Crippen LogP contribution in [0, 0.1) is 0 Å².